The normalized spacial score (nSPS) is 13.2. The zero-order chi connectivity index (χ0) is 12.3. The van der Waals surface area contributed by atoms with Crippen LogP contribution in [0.1, 0.15) is 18.4 Å². The van der Waals surface area contributed by atoms with Crippen LogP contribution in [-0.2, 0) is 9.47 Å². The van der Waals surface area contributed by atoms with Gasteiger partial charge in [0.1, 0.15) is 0 Å². The summed E-state index contributed by atoms with van der Waals surface area (Å²) in [7, 11) is 3.34. The minimum atomic E-state index is -0.198. The monoisotopic (exact) mass is 230 g/mol. The molecule has 2 aromatic carbocycles. The number of fused-ring (bicyclic) bond motifs is 1. The van der Waals surface area contributed by atoms with Crippen LogP contribution in [0.5, 0.6) is 0 Å². The van der Waals surface area contributed by atoms with Gasteiger partial charge in [-0.3, -0.25) is 0 Å². The smallest absolute Gasteiger partial charge is 0.163 e. The van der Waals surface area contributed by atoms with Crippen LogP contribution in [0.2, 0.25) is 0 Å². The van der Waals surface area contributed by atoms with Crippen LogP contribution in [-0.4, -0.2) is 20.5 Å². The Morgan fingerprint density at radius 1 is 0.882 bits per heavy atom. The first-order valence-corrected chi connectivity index (χ1v) is 5.80. The van der Waals surface area contributed by atoms with E-state index in [1.54, 1.807) is 14.2 Å². The Hall–Kier alpha value is -1.38. The lowest BCUT2D eigenvalue weighted by Gasteiger charge is -2.21. The van der Waals surface area contributed by atoms with E-state index in [1.165, 1.54) is 16.3 Å². The number of methoxy groups -OCH3 is 2. The fourth-order valence-electron chi connectivity index (χ4n) is 2.15. The summed E-state index contributed by atoms with van der Waals surface area (Å²) in [5.41, 5.74) is 1.23. The number of hydrogen-bond donors (Lipinski definition) is 0. The summed E-state index contributed by atoms with van der Waals surface area (Å²) >= 11 is 0. The molecule has 2 rings (SSSR count). The summed E-state index contributed by atoms with van der Waals surface area (Å²) in [4.78, 5) is 0. The molecule has 2 nitrogen and oxygen atoms in total. The molecule has 0 N–H and O–H groups in total. The predicted molar refractivity (Wildman–Crippen MR) is 70.2 cm³/mol. The second-order valence-electron chi connectivity index (χ2n) is 4.24. The molecular weight excluding hydrogens is 212 g/mol. The number of ether oxygens (including phenoxy) is 2. The fraction of sp³-hybridized carbons (Fsp3) is 0.333. The topological polar surface area (TPSA) is 18.5 Å². The van der Waals surface area contributed by atoms with Crippen molar-refractivity contribution in [3.63, 3.8) is 0 Å². The van der Waals surface area contributed by atoms with E-state index in [9.17, 15) is 0 Å². The van der Waals surface area contributed by atoms with Gasteiger partial charge in [0.2, 0.25) is 0 Å². The molecule has 0 heterocycles. The zero-order valence-corrected chi connectivity index (χ0v) is 10.5. The molecule has 90 valence electrons. The SMILES string of the molecule is COC(OC)C(C)c1ccc2ccccc2c1. The van der Waals surface area contributed by atoms with Crippen molar-refractivity contribution in [1.82, 2.24) is 0 Å². The van der Waals surface area contributed by atoms with Crippen molar-refractivity contribution in [1.29, 1.82) is 0 Å². The van der Waals surface area contributed by atoms with Crippen LogP contribution < -0.4 is 0 Å². The maximum atomic E-state index is 5.31. The third-order valence-electron chi connectivity index (χ3n) is 3.17. The molecule has 0 aromatic heterocycles. The van der Waals surface area contributed by atoms with Gasteiger partial charge in [-0.25, -0.2) is 0 Å². The molecule has 2 aromatic rings. The average Bonchev–Trinajstić information content (AvgIpc) is 2.39. The maximum Gasteiger partial charge on any atom is 0.163 e. The minimum absolute atomic E-state index is 0.198. The Morgan fingerprint density at radius 3 is 2.18 bits per heavy atom. The Bertz CT molecular complexity index is 489. The summed E-state index contributed by atoms with van der Waals surface area (Å²) in [6.45, 7) is 2.11. The van der Waals surface area contributed by atoms with Crippen molar-refractivity contribution in [2.24, 2.45) is 0 Å². The lowest BCUT2D eigenvalue weighted by atomic mass is 9.97. The first kappa shape index (κ1) is 12.1. The quantitative estimate of drug-likeness (QED) is 0.748. The fourth-order valence-corrected chi connectivity index (χ4v) is 2.15. The van der Waals surface area contributed by atoms with Gasteiger partial charge in [-0.2, -0.15) is 0 Å². The summed E-state index contributed by atoms with van der Waals surface area (Å²) in [5, 5.41) is 2.51. The Kier molecular flexibility index (Phi) is 3.77. The molecule has 1 unspecified atom stereocenters. The highest BCUT2D eigenvalue weighted by Crippen LogP contribution is 2.25. The van der Waals surface area contributed by atoms with E-state index in [2.05, 4.69) is 49.4 Å². The number of benzene rings is 2. The molecular formula is C15H18O2. The molecule has 0 spiro atoms. The van der Waals surface area contributed by atoms with Crippen molar-refractivity contribution in [2.75, 3.05) is 14.2 Å². The molecule has 1 atom stereocenters. The van der Waals surface area contributed by atoms with Crippen molar-refractivity contribution in [3.8, 4) is 0 Å². The second kappa shape index (κ2) is 5.30. The lowest BCUT2D eigenvalue weighted by Crippen LogP contribution is -2.20. The molecule has 0 radical (unpaired) electrons. The highest BCUT2D eigenvalue weighted by Gasteiger charge is 2.17. The van der Waals surface area contributed by atoms with Crippen LogP contribution in [0, 0.1) is 0 Å². The van der Waals surface area contributed by atoms with Crippen molar-refractivity contribution in [3.05, 3.63) is 48.0 Å². The number of hydrogen-bond acceptors (Lipinski definition) is 2. The molecule has 0 saturated heterocycles. The second-order valence-corrected chi connectivity index (χ2v) is 4.24. The third kappa shape index (κ3) is 2.48. The van der Waals surface area contributed by atoms with Gasteiger partial charge in [0.05, 0.1) is 0 Å². The third-order valence-corrected chi connectivity index (χ3v) is 3.17. The summed E-state index contributed by atoms with van der Waals surface area (Å²) in [6.07, 6.45) is -0.198. The lowest BCUT2D eigenvalue weighted by molar-refractivity contribution is -0.115. The van der Waals surface area contributed by atoms with Gasteiger partial charge in [0.15, 0.2) is 6.29 Å². The van der Waals surface area contributed by atoms with E-state index in [0.717, 1.165) is 0 Å². The Labute approximate surface area is 102 Å². The molecule has 0 bridgehead atoms. The van der Waals surface area contributed by atoms with Gasteiger partial charge in [0.25, 0.3) is 0 Å². The zero-order valence-electron chi connectivity index (χ0n) is 10.5. The van der Waals surface area contributed by atoms with Crippen LogP contribution >= 0.6 is 0 Å². The molecule has 0 aliphatic heterocycles. The van der Waals surface area contributed by atoms with E-state index in [4.69, 9.17) is 9.47 Å². The van der Waals surface area contributed by atoms with Crippen molar-refractivity contribution < 1.29 is 9.47 Å². The van der Waals surface area contributed by atoms with Gasteiger partial charge < -0.3 is 9.47 Å². The largest absolute Gasteiger partial charge is 0.355 e. The molecule has 0 saturated carbocycles. The van der Waals surface area contributed by atoms with E-state index in [1.807, 2.05) is 0 Å². The highest BCUT2D eigenvalue weighted by atomic mass is 16.7. The average molecular weight is 230 g/mol. The van der Waals surface area contributed by atoms with Gasteiger partial charge in [0, 0.05) is 20.1 Å². The van der Waals surface area contributed by atoms with E-state index < -0.39 is 0 Å². The summed E-state index contributed by atoms with van der Waals surface area (Å²) in [5.74, 6) is 0.217. The standard InChI is InChI=1S/C15H18O2/c1-11(15(16-2)17-3)13-9-8-12-6-4-5-7-14(12)10-13/h4-11,15H,1-3H3. The van der Waals surface area contributed by atoms with Crippen molar-refractivity contribution in [2.45, 2.75) is 19.1 Å². The van der Waals surface area contributed by atoms with Gasteiger partial charge in [-0.1, -0.05) is 49.4 Å². The van der Waals surface area contributed by atoms with Crippen LogP contribution in [0.25, 0.3) is 10.8 Å². The summed E-state index contributed by atoms with van der Waals surface area (Å²) in [6, 6.07) is 14.8. The molecule has 0 fully saturated rings. The Balaban J connectivity index is 2.35. The van der Waals surface area contributed by atoms with Crippen LogP contribution in [0.3, 0.4) is 0 Å². The highest BCUT2D eigenvalue weighted by molar-refractivity contribution is 5.83. The van der Waals surface area contributed by atoms with Gasteiger partial charge >= 0.3 is 0 Å². The predicted octanol–water partition coefficient (Wildman–Crippen LogP) is 3.56. The molecule has 0 aliphatic rings. The van der Waals surface area contributed by atoms with E-state index in [-0.39, 0.29) is 12.2 Å². The van der Waals surface area contributed by atoms with E-state index >= 15 is 0 Å². The first-order chi connectivity index (χ1) is 8.26. The molecule has 0 aliphatic carbocycles. The van der Waals surface area contributed by atoms with Crippen molar-refractivity contribution >= 4 is 10.8 Å². The van der Waals surface area contributed by atoms with Crippen LogP contribution in [0.4, 0.5) is 0 Å². The van der Waals surface area contributed by atoms with E-state index in [0.29, 0.717) is 0 Å². The minimum Gasteiger partial charge on any atom is -0.355 e. The van der Waals surface area contributed by atoms with Gasteiger partial charge in [-0.15, -0.1) is 0 Å². The first-order valence-electron chi connectivity index (χ1n) is 5.80. The molecule has 0 amide bonds. The van der Waals surface area contributed by atoms with Crippen LogP contribution in [0.15, 0.2) is 42.5 Å². The number of rotatable bonds is 4. The molecule has 17 heavy (non-hydrogen) atoms. The van der Waals surface area contributed by atoms with Gasteiger partial charge in [-0.05, 0) is 16.3 Å². The summed E-state index contributed by atoms with van der Waals surface area (Å²) < 4.78 is 10.6. The Morgan fingerprint density at radius 2 is 1.53 bits per heavy atom. The maximum absolute atomic E-state index is 5.31. The molecule has 2 heteroatoms.